The van der Waals surface area contributed by atoms with Crippen LogP contribution < -0.4 is 10.2 Å². The smallest absolute Gasteiger partial charge is 0.224 e. The summed E-state index contributed by atoms with van der Waals surface area (Å²) in [5.41, 5.74) is 5.18. The molecule has 1 amide bonds. The molecule has 1 aliphatic carbocycles. The predicted molar refractivity (Wildman–Crippen MR) is 128 cm³/mol. The molecule has 4 nitrogen and oxygen atoms in total. The molecule has 0 saturated carbocycles. The normalized spacial score (nSPS) is 20.2. The molecule has 1 heterocycles. The molecular formula is C27H23ClN2O2. The molecule has 5 heteroatoms. The van der Waals surface area contributed by atoms with Crippen LogP contribution in [0.2, 0.25) is 5.02 Å². The highest BCUT2D eigenvalue weighted by molar-refractivity contribution is 6.30. The zero-order valence-corrected chi connectivity index (χ0v) is 18.5. The van der Waals surface area contributed by atoms with Gasteiger partial charge in [0.2, 0.25) is 5.91 Å². The minimum Gasteiger partial charge on any atom is -0.357 e. The zero-order chi connectivity index (χ0) is 22.2. The van der Waals surface area contributed by atoms with Gasteiger partial charge in [0.1, 0.15) is 0 Å². The largest absolute Gasteiger partial charge is 0.357 e. The van der Waals surface area contributed by atoms with E-state index in [4.69, 9.17) is 11.6 Å². The molecule has 32 heavy (non-hydrogen) atoms. The van der Waals surface area contributed by atoms with E-state index in [1.807, 2.05) is 78.9 Å². The van der Waals surface area contributed by atoms with Gasteiger partial charge in [0, 0.05) is 29.6 Å². The number of benzene rings is 3. The van der Waals surface area contributed by atoms with Crippen LogP contribution in [0.25, 0.3) is 0 Å². The van der Waals surface area contributed by atoms with Gasteiger partial charge < -0.3 is 5.32 Å². The van der Waals surface area contributed by atoms with E-state index in [-0.39, 0.29) is 17.6 Å². The van der Waals surface area contributed by atoms with Crippen LogP contribution in [-0.2, 0) is 9.59 Å². The summed E-state index contributed by atoms with van der Waals surface area (Å²) >= 11 is 6.07. The Morgan fingerprint density at radius 2 is 1.59 bits per heavy atom. The van der Waals surface area contributed by atoms with Gasteiger partial charge in [-0.2, -0.15) is 0 Å². The van der Waals surface area contributed by atoms with E-state index in [1.54, 1.807) is 11.8 Å². The van der Waals surface area contributed by atoms with Crippen molar-refractivity contribution in [2.75, 3.05) is 10.2 Å². The third-order valence-electron chi connectivity index (χ3n) is 6.28. The molecule has 2 atom stereocenters. The Labute approximate surface area is 192 Å². The third kappa shape index (κ3) is 3.61. The molecule has 0 spiro atoms. The van der Waals surface area contributed by atoms with Gasteiger partial charge in [-0.25, -0.2) is 0 Å². The number of Topliss-reactive ketones (excluding diaryl/α,β-unsaturated/α-hetero) is 1. The van der Waals surface area contributed by atoms with Crippen LogP contribution in [0.1, 0.15) is 42.9 Å². The number of anilines is 2. The number of hydrogen-bond acceptors (Lipinski definition) is 3. The standard InChI is InChI=1S/C27H23ClN2O2/c1-17(31)30-24-10-6-5-9-22(24)29-23-15-20(18-11-13-21(28)14-12-18)16-25(32)26(23)27(30)19-7-3-2-4-8-19/h2-14,20,27,29H,15-16H2,1H3/t20-,27+/m0/s1. The van der Waals surface area contributed by atoms with Crippen molar-refractivity contribution in [1.82, 2.24) is 0 Å². The molecule has 3 aromatic carbocycles. The number of nitrogens with zero attached hydrogens (tertiary/aromatic N) is 1. The third-order valence-corrected chi connectivity index (χ3v) is 6.54. The van der Waals surface area contributed by atoms with E-state index >= 15 is 0 Å². The number of amides is 1. The summed E-state index contributed by atoms with van der Waals surface area (Å²) in [6.45, 7) is 1.56. The Morgan fingerprint density at radius 3 is 2.31 bits per heavy atom. The van der Waals surface area contributed by atoms with Gasteiger partial charge in [-0.15, -0.1) is 0 Å². The number of halogens is 1. The van der Waals surface area contributed by atoms with Crippen LogP contribution in [0.15, 0.2) is 90.1 Å². The fourth-order valence-corrected chi connectivity index (χ4v) is 4.99. The van der Waals surface area contributed by atoms with E-state index in [2.05, 4.69) is 5.32 Å². The minimum atomic E-state index is -0.474. The van der Waals surface area contributed by atoms with Crippen LogP contribution in [0.3, 0.4) is 0 Å². The molecule has 0 saturated heterocycles. The van der Waals surface area contributed by atoms with Crippen LogP contribution in [0, 0.1) is 0 Å². The molecule has 1 aliphatic heterocycles. The van der Waals surface area contributed by atoms with Crippen molar-refractivity contribution in [3.8, 4) is 0 Å². The summed E-state index contributed by atoms with van der Waals surface area (Å²) in [5.74, 6) is 0.0135. The molecule has 5 rings (SSSR count). The monoisotopic (exact) mass is 442 g/mol. The quantitative estimate of drug-likeness (QED) is 0.509. The highest BCUT2D eigenvalue weighted by atomic mass is 35.5. The van der Waals surface area contributed by atoms with E-state index in [0.717, 1.165) is 28.2 Å². The molecule has 0 unspecified atom stereocenters. The van der Waals surface area contributed by atoms with Gasteiger partial charge in [0.25, 0.3) is 0 Å². The topological polar surface area (TPSA) is 49.4 Å². The van der Waals surface area contributed by atoms with E-state index in [9.17, 15) is 9.59 Å². The molecular weight excluding hydrogens is 420 g/mol. The van der Waals surface area contributed by atoms with Crippen LogP contribution in [-0.4, -0.2) is 11.7 Å². The second-order valence-electron chi connectivity index (χ2n) is 8.32. The number of hydrogen-bond donors (Lipinski definition) is 1. The second kappa shape index (κ2) is 8.29. The number of para-hydroxylation sites is 2. The molecule has 3 aromatic rings. The number of ketones is 1. The first-order valence-electron chi connectivity index (χ1n) is 10.8. The lowest BCUT2D eigenvalue weighted by molar-refractivity contribution is -0.117. The SMILES string of the molecule is CC(=O)N1c2ccccc2NC2=C(C(=O)C[C@@H](c3ccc(Cl)cc3)C2)[C@H]1c1ccccc1. The summed E-state index contributed by atoms with van der Waals surface area (Å²) in [7, 11) is 0. The molecule has 0 radical (unpaired) electrons. The van der Waals surface area contributed by atoms with Crippen molar-refractivity contribution in [2.45, 2.75) is 31.7 Å². The van der Waals surface area contributed by atoms with Gasteiger partial charge in [-0.05, 0) is 47.7 Å². The van der Waals surface area contributed by atoms with Gasteiger partial charge >= 0.3 is 0 Å². The minimum absolute atomic E-state index is 0.0541. The van der Waals surface area contributed by atoms with Crippen molar-refractivity contribution < 1.29 is 9.59 Å². The number of fused-ring (bicyclic) bond motifs is 1. The maximum absolute atomic E-state index is 13.7. The average Bonchev–Trinajstić information content (AvgIpc) is 2.94. The fourth-order valence-electron chi connectivity index (χ4n) is 4.86. The second-order valence-corrected chi connectivity index (χ2v) is 8.75. The predicted octanol–water partition coefficient (Wildman–Crippen LogP) is 6.26. The van der Waals surface area contributed by atoms with E-state index < -0.39 is 6.04 Å². The lowest BCUT2D eigenvalue weighted by Crippen LogP contribution is -2.37. The highest BCUT2D eigenvalue weighted by Gasteiger charge is 2.40. The summed E-state index contributed by atoms with van der Waals surface area (Å²) in [6, 6.07) is 24.8. The van der Waals surface area contributed by atoms with Crippen molar-refractivity contribution in [3.63, 3.8) is 0 Å². The van der Waals surface area contributed by atoms with E-state index in [0.29, 0.717) is 23.4 Å². The first kappa shape index (κ1) is 20.5. The summed E-state index contributed by atoms with van der Waals surface area (Å²) in [5, 5.41) is 4.21. The van der Waals surface area contributed by atoms with Crippen molar-refractivity contribution >= 4 is 34.7 Å². The Kier molecular flexibility index (Phi) is 5.32. The maximum atomic E-state index is 13.7. The first-order chi connectivity index (χ1) is 15.5. The number of nitrogens with one attached hydrogen (secondary N) is 1. The lowest BCUT2D eigenvalue weighted by atomic mass is 9.78. The fraction of sp³-hybridized carbons (Fsp3) is 0.185. The van der Waals surface area contributed by atoms with E-state index in [1.165, 1.54) is 0 Å². The first-order valence-corrected chi connectivity index (χ1v) is 11.1. The van der Waals surface area contributed by atoms with Gasteiger partial charge in [0.15, 0.2) is 5.78 Å². The Hall–Kier alpha value is -3.37. The van der Waals surface area contributed by atoms with Crippen LogP contribution in [0.4, 0.5) is 11.4 Å². The lowest BCUT2D eigenvalue weighted by Gasteiger charge is -2.34. The summed E-state index contributed by atoms with van der Waals surface area (Å²) < 4.78 is 0. The number of rotatable bonds is 2. The molecule has 2 aliphatic rings. The van der Waals surface area contributed by atoms with Gasteiger partial charge in [-0.3, -0.25) is 14.5 Å². The van der Waals surface area contributed by atoms with Crippen molar-refractivity contribution in [1.29, 1.82) is 0 Å². The Bertz CT molecular complexity index is 1220. The molecule has 0 aromatic heterocycles. The van der Waals surface area contributed by atoms with Gasteiger partial charge in [0.05, 0.1) is 17.4 Å². The molecule has 0 bridgehead atoms. The summed E-state index contributed by atoms with van der Waals surface area (Å²) in [4.78, 5) is 28.4. The highest BCUT2D eigenvalue weighted by Crippen LogP contribution is 2.47. The molecule has 1 N–H and O–H groups in total. The Balaban J connectivity index is 1.68. The van der Waals surface area contributed by atoms with Crippen molar-refractivity contribution in [3.05, 3.63) is 106 Å². The molecule has 160 valence electrons. The number of carbonyl (C=O) groups is 2. The number of carbonyl (C=O) groups excluding carboxylic acids is 2. The average molecular weight is 443 g/mol. The maximum Gasteiger partial charge on any atom is 0.224 e. The zero-order valence-electron chi connectivity index (χ0n) is 17.7. The van der Waals surface area contributed by atoms with Crippen molar-refractivity contribution in [2.24, 2.45) is 0 Å². The van der Waals surface area contributed by atoms with Gasteiger partial charge in [-0.1, -0.05) is 66.2 Å². The van der Waals surface area contributed by atoms with Crippen LogP contribution in [0.5, 0.6) is 0 Å². The summed E-state index contributed by atoms with van der Waals surface area (Å²) in [6.07, 6.45) is 1.08. The Morgan fingerprint density at radius 1 is 0.906 bits per heavy atom. The molecule has 0 fully saturated rings. The van der Waals surface area contributed by atoms with Crippen LogP contribution >= 0.6 is 11.6 Å². The number of allylic oxidation sites excluding steroid dienone is 1.